The summed E-state index contributed by atoms with van der Waals surface area (Å²) in [6, 6.07) is 0. The van der Waals surface area contributed by atoms with E-state index in [0.717, 1.165) is 10.4 Å². The van der Waals surface area contributed by atoms with Crippen LogP contribution in [-0.2, 0) is 9.47 Å². The van der Waals surface area contributed by atoms with Gasteiger partial charge < -0.3 is 14.6 Å². The maximum absolute atomic E-state index is 11.8. The lowest BCUT2D eigenvalue weighted by atomic mass is 10.1. The van der Waals surface area contributed by atoms with E-state index in [9.17, 15) is 9.59 Å². The summed E-state index contributed by atoms with van der Waals surface area (Å²) in [5, 5.41) is 11.5. The third-order valence-corrected chi connectivity index (χ3v) is 3.53. The van der Waals surface area contributed by atoms with Crippen LogP contribution < -0.4 is 5.32 Å². The molecule has 19 heavy (non-hydrogen) atoms. The first-order chi connectivity index (χ1) is 9.01. The highest BCUT2D eigenvalue weighted by Gasteiger charge is 2.22. The molecule has 0 unspecified atom stereocenters. The van der Waals surface area contributed by atoms with Gasteiger partial charge in [-0.1, -0.05) is 0 Å². The first kappa shape index (κ1) is 15.5. The van der Waals surface area contributed by atoms with Crippen molar-refractivity contribution in [3.8, 4) is 0 Å². The highest BCUT2D eigenvalue weighted by Crippen LogP contribution is 2.33. The quantitative estimate of drug-likeness (QED) is 0.810. The lowest BCUT2D eigenvalue weighted by Crippen LogP contribution is -2.17. The molecule has 0 aliphatic carbocycles. The predicted octanol–water partition coefficient (Wildman–Crippen LogP) is 2.08. The molecule has 7 heteroatoms. The SMILES string of the molecule is CCOC(=O)c1c(NC(=O)OCCO)sc(C)c1C. The number of aliphatic hydroxyl groups excluding tert-OH is 1. The van der Waals surface area contributed by atoms with Crippen LogP contribution in [0.3, 0.4) is 0 Å². The van der Waals surface area contributed by atoms with Crippen molar-refractivity contribution < 1.29 is 24.2 Å². The minimum absolute atomic E-state index is 0.0933. The van der Waals surface area contributed by atoms with Crippen molar-refractivity contribution in [2.75, 3.05) is 25.1 Å². The number of aryl methyl sites for hydroxylation is 1. The zero-order chi connectivity index (χ0) is 14.4. The zero-order valence-corrected chi connectivity index (χ0v) is 11.9. The van der Waals surface area contributed by atoms with Crippen LogP contribution in [0.1, 0.15) is 27.7 Å². The number of anilines is 1. The second-order valence-electron chi connectivity index (χ2n) is 3.69. The molecule has 1 rings (SSSR count). The van der Waals surface area contributed by atoms with Gasteiger partial charge in [-0.2, -0.15) is 0 Å². The first-order valence-electron chi connectivity index (χ1n) is 5.83. The molecule has 1 heterocycles. The number of thiophene rings is 1. The van der Waals surface area contributed by atoms with Crippen molar-refractivity contribution in [1.82, 2.24) is 0 Å². The molecule has 1 amide bonds. The molecule has 2 N–H and O–H groups in total. The molecule has 0 aromatic carbocycles. The van der Waals surface area contributed by atoms with Gasteiger partial charge in [0.1, 0.15) is 11.6 Å². The number of hydrogen-bond donors (Lipinski definition) is 2. The van der Waals surface area contributed by atoms with E-state index in [1.54, 1.807) is 13.8 Å². The number of carbonyl (C=O) groups excluding carboxylic acids is 2. The second kappa shape index (κ2) is 7.10. The Morgan fingerprint density at radius 1 is 1.32 bits per heavy atom. The Balaban J connectivity index is 2.91. The Kier molecular flexibility index (Phi) is 5.78. The number of hydrogen-bond acceptors (Lipinski definition) is 6. The molecule has 1 aromatic heterocycles. The second-order valence-corrected chi connectivity index (χ2v) is 4.92. The fourth-order valence-corrected chi connectivity index (χ4v) is 2.47. The van der Waals surface area contributed by atoms with Crippen molar-refractivity contribution in [3.05, 3.63) is 16.0 Å². The molecule has 6 nitrogen and oxygen atoms in total. The average Bonchev–Trinajstić information content (AvgIpc) is 2.62. The topological polar surface area (TPSA) is 84.9 Å². The maximum atomic E-state index is 11.8. The highest BCUT2D eigenvalue weighted by molar-refractivity contribution is 7.16. The molecule has 0 saturated carbocycles. The molecule has 0 bridgehead atoms. The van der Waals surface area contributed by atoms with E-state index in [4.69, 9.17) is 14.6 Å². The molecule has 1 aromatic rings. The normalized spacial score (nSPS) is 10.1. The standard InChI is InChI=1S/C12H17NO5S/c1-4-17-11(15)9-7(2)8(3)19-10(9)13-12(16)18-6-5-14/h14H,4-6H2,1-3H3,(H,13,16). The number of nitrogens with one attached hydrogen (secondary N) is 1. The van der Waals surface area contributed by atoms with Crippen LogP contribution in [-0.4, -0.2) is 37.0 Å². The Morgan fingerprint density at radius 2 is 2.00 bits per heavy atom. The first-order valence-corrected chi connectivity index (χ1v) is 6.64. The Bertz CT molecular complexity index is 469. The van der Waals surface area contributed by atoms with Crippen LogP contribution in [0, 0.1) is 13.8 Å². The molecule has 0 spiro atoms. The van der Waals surface area contributed by atoms with E-state index < -0.39 is 12.1 Å². The maximum Gasteiger partial charge on any atom is 0.412 e. The van der Waals surface area contributed by atoms with E-state index in [2.05, 4.69) is 5.32 Å². The Morgan fingerprint density at radius 3 is 2.58 bits per heavy atom. The lowest BCUT2D eigenvalue weighted by molar-refractivity contribution is 0.0527. The molecule has 0 fully saturated rings. The van der Waals surface area contributed by atoms with E-state index in [1.165, 1.54) is 11.3 Å². The summed E-state index contributed by atoms with van der Waals surface area (Å²) in [6.07, 6.45) is -0.708. The van der Waals surface area contributed by atoms with E-state index in [1.807, 2.05) is 6.92 Å². The fourth-order valence-electron chi connectivity index (χ4n) is 1.43. The van der Waals surface area contributed by atoms with Crippen molar-refractivity contribution >= 4 is 28.4 Å². The van der Waals surface area contributed by atoms with Gasteiger partial charge in [0.2, 0.25) is 0 Å². The third kappa shape index (κ3) is 3.93. The molecule has 0 saturated heterocycles. The minimum Gasteiger partial charge on any atom is -0.462 e. The summed E-state index contributed by atoms with van der Waals surface area (Å²) >= 11 is 1.28. The van der Waals surface area contributed by atoms with Crippen molar-refractivity contribution in [2.24, 2.45) is 0 Å². The summed E-state index contributed by atoms with van der Waals surface area (Å²) in [5.74, 6) is -0.471. The lowest BCUT2D eigenvalue weighted by Gasteiger charge is -2.07. The van der Waals surface area contributed by atoms with Gasteiger partial charge in [-0.15, -0.1) is 11.3 Å². The summed E-state index contributed by atoms with van der Waals surface area (Å²) in [4.78, 5) is 24.2. The highest BCUT2D eigenvalue weighted by atomic mass is 32.1. The van der Waals surface area contributed by atoms with Crippen LogP contribution in [0.4, 0.5) is 9.80 Å². The van der Waals surface area contributed by atoms with Gasteiger partial charge in [0.15, 0.2) is 0 Å². The van der Waals surface area contributed by atoms with Crippen molar-refractivity contribution in [1.29, 1.82) is 0 Å². The summed E-state index contributed by atoms with van der Waals surface area (Å²) in [5.41, 5.74) is 1.13. The van der Waals surface area contributed by atoms with Gasteiger partial charge in [-0.05, 0) is 26.3 Å². The molecular weight excluding hydrogens is 270 g/mol. The van der Waals surface area contributed by atoms with E-state index in [-0.39, 0.29) is 19.8 Å². The summed E-state index contributed by atoms with van der Waals surface area (Å²) < 4.78 is 9.65. The number of esters is 1. The number of carbonyl (C=O) groups is 2. The minimum atomic E-state index is -0.708. The molecule has 106 valence electrons. The third-order valence-electron chi connectivity index (χ3n) is 2.40. The molecule has 0 aliphatic heterocycles. The van der Waals surface area contributed by atoms with Crippen LogP contribution in [0.15, 0.2) is 0 Å². The van der Waals surface area contributed by atoms with Gasteiger partial charge in [-0.3, -0.25) is 5.32 Å². The van der Waals surface area contributed by atoms with Gasteiger partial charge in [-0.25, -0.2) is 9.59 Å². The number of aliphatic hydroxyl groups is 1. The molecular formula is C12H17NO5S. The van der Waals surface area contributed by atoms with Crippen molar-refractivity contribution in [2.45, 2.75) is 20.8 Å². The van der Waals surface area contributed by atoms with Crippen LogP contribution >= 0.6 is 11.3 Å². The largest absolute Gasteiger partial charge is 0.462 e. The van der Waals surface area contributed by atoms with Gasteiger partial charge in [0.25, 0.3) is 0 Å². The van der Waals surface area contributed by atoms with Crippen LogP contribution in [0.2, 0.25) is 0 Å². The Labute approximate surface area is 115 Å². The molecule has 0 aliphatic rings. The van der Waals surface area contributed by atoms with E-state index >= 15 is 0 Å². The van der Waals surface area contributed by atoms with Gasteiger partial charge in [0, 0.05) is 4.88 Å². The molecule has 0 radical (unpaired) electrons. The average molecular weight is 287 g/mol. The fraction of sp³-hybridized carbons (Fsp3) is 0.500. The summed E-state index contributed by atoms with van der Waals surface area (Å²) in [6.45, 7) is 5.29. The number of ether oxygens (including phenoxy) is 2. The van der Waals surface area contributed by atoms with Gasteiger partial charge in [0.05, 0.1) is 18.8 Å². The number of rotatable bonds is 5. The van der Waals surface area contributed by atoms with Crippen molar-refractivity contribution in [3.63, 3.8) is 0 Å². The van der Waals surface area contributed by atoms with E-state index in [0.29, 0.717) is 10.6 Å². The zero-order valence-electron chi connectivity index (χ0n) is 11.1. The van der Waals surface area contributed by atoms with Gasteiger partial charge >= 0.3 is 12.1 Å². The number of amides is 1. The van der Waals surface area contributed by atoms with Crippen LogP contribution in [0.25, 0.3) is 0 Å². The monoisotopic (exact) mass is 287 g/mol. The molecule has 0 atom stereocenters. The smallest absolute Gasteiger partial charge is 0.412 e. The Hall–Kier alpha value is -1.60. The predicted molar refractivity (Wildman–Crippen MR) is 71.8 cm³/mol. The summed E-state index contributed by atoms with van der Waals surface area (Å²) in [7, 11) is 0. The van der Waals surface area contributed by atoms with Crippen LogP contribution in [0.5, 0.6) is 0 Å².